The molecule has 6 N–H and O–H groups in total. The van der Waals surface area contributed by atoms with Crippen LogP contribution in [0, 0.1) is 0 Å². The van der Waals surface area contributed by atoms with Crippen LogP contribution in [-0.4, -0.2) is 82.7 Å². The number of nitrogens with two attached hydrogens (primary N) is 1. The summed E-state index contributed by atoms with van der Waals surface area (Å²) in [7, 11) is -4.75. The van der Waals surface area contributed by atoms with Gasteiger partial charge >= 0.3 is 14.5 Å². The first kappa shape index (κ1) is 29.2. The molecular formula is C23H26N6O11P2S. The number of benzene rings is 1. The van der Waals surface area contributed by atoms with Crippen LogP contribution in [0.5, 0.6) is 0 Å². The molecule has 6 heterocycles. The van der Waals surface area contributed by atoms with Gasteiger partial charge in [0.1, 0.15) is 36.7 Å². The second-order valence-corrected chi connectivity index (χ2v) is 14.4. The second kappa shape index (κ2) is 10.8. The summed E-state index contributed by atoms with van der Waals surface area (Å²) in [5, 5.41) is 12.1. The van der Waals surface area contributed by atoms with Crippen LogP contribution in [0.4, 0.5) is 5.95 Å². The van der Waals surface area contributed by atoms with Gasteiger partial charge in [-0.2, -0.15) is 4.98 Å². The van der Waals surface area contributed by atoms with Crippen molar-refractivity contribution in [2.24, 2.45) is 0 Å². The Morgan fingerprint density at radius 3 is 2.67 bits per heavy atom. The number of aromatic amines is 1. The SMILES string of the molecule is Nc1nc2c(ncn2[C@@H]2O[C@@H]3COP(=O)(O)OC4C[C@H](n5ccc6ccccc65)O[C@@H]4COP(O)(=S)O[C@H]2C3O)c(=O)[nH]1. The number of hydrogen-bond acceptors (Lipinski definition) is 13. The zero-order chi connectivity index (χ0) is 30.1. The minimum absolute atomic E-state index is 0.0103. The van der Waals surface area contributed by atoms with Crippen molar-refractivity contribution >= 4 is 54.4 Å². The third-order valence-electron chi connectivity index (χ3n) is 7.49. The molecule has 9 atom stereocenters. The van der Waals surface area contributed by atoms with E-state index in [4.69, 9.17) is 45.1 Å². The summed E-state index contributed by atoms with van der Waals surface area (Å²) in [6.45, 7) is -5.12. The highest BCUT2D eigenvalue weighted by atomic mass is 32.5. The molecular weight excluding hydrogens is 630 g/mol. The molecule has 17 nitrogen and oxygen atoms in total. The van der Waals surface area contributed by atoms with Crippen LogP contribution < -0.4 is 11.3 Å². The summed E-state index contributed by atoms with van der Waals surface area (Å²) >= 11 is 5.27. The number of nitrogens with one attached hydrogen (secondary N) is 1. The monoisotopic (exact) mass is 656 g/mol. The van der Waals surface area contributed by atoms with Crippen molar-refractivity contribution in [2.75, 3.05) is 18.9 Å². The first-order valence-corrected chi connectivity index (χ1v) is 17.1. The molecule has 230 valence electrons. The molecule has 1 aromatic carbocycles. The van der Waals surface area contributed by atoms with Crippen LogP contribution in [-0.2, 0) is 43.9 Å². The number of phosphoric acid groups is 1. The summed E-state index contributed by atoms with van der Waals surface area (Å²) in [5.41, 5.74) is 5.87. The van der Waals surface area contributed by atoms with Gasteiger partial charge in [0.15, 0.2) is 17.4 Å². The smallest absolute Gasteiger partial charge is 0.387 e. The Morgan fingerprint density at radius 2 is 1.84 bits per heavy atom. The highest BCUT2D eigenvalue weighted by molar-refractivity contribution is 8.07. The lowest BCUT2D eigenvalue weighted by Crippen LogP contribution is -2.35. The summed E-state index contributed by atoms with van der Waals surface area (Å²) in [6.07, 6.45) is -4.92. The average Bonchev–Trinajstić information content (AvgIpc) is 3.71. The van der Waals surface area contributed by atoms with E-state index in [0.29, 0.717) is 0 Å². The number of ether oxygens (including phenoxy) is 2. The highest BCUT2D eigenvalue weighted by Crippen LogP contribution is 2.53. The van der Waals surface area contributed by atoms with E-state index in [2.05, 4.69) is 15.0 Å². The molecule has 2 bridgehead atoms. The summed E-state index contributed by atoms with van der Waals surface area (Å²) in [4.78, 5) is 44.4. The lowest BCUT2D eigenvalue weighted by Gasteiger charge is -2.27. The van der Waals surface area contributed by atoms with Gasteiger partial charge < -0.3 is 39.2 Å². The van der Waals surface area contributed by atoms with Gasteiger partial charge in [-0.05, 0) is 29.3 Å². The lowest BCUT2D eigenvalue weighted by atomic mass is 10.1. The number of nitrogen functional groups attached to an aromatic ring is 1. The topological polar surface area (TPSA) is 228 Å². The average molecular weight is 657 g/mol. The number of aliphatic hydroxyl groups excluding tert-OH is 1. The zero-order valence-electron chi connectivity index (χ0n) is 22.0. The summed E-state index contributed by atoms with van der Waals surface area (Å²) in [6, 6.07) is 9.54. The molecule has 3 fully saturated rings. The molecule has 3 aliphatic heterocycles. The summed E-state index contributed by atoms with van der Waals surface area (Å²) < 4.78 is 50.4. The first-order chi connectivity index (χ1) is 20.5. The number of imidazole rings is 1. The van der Waals surface area contributed by atoms with Crippen molar-refractivity contribution in [2.45, 2.75) is 49.4 Å². The predicted octanol–water partition coefficient (Wildman–Crippen LogP) is 1.04. The van der Waals surface area contributed by atoms with Gasteiger partial charge in [-0.15, -0.1) is 0 Å². The number of fused-ring (bicyclic) bond motifs is 5. The van der Waals surface area contributed by atoms with Gasteiger partial charge in [-0.3, -0.25) is 27.9 Å². The number of hydrogen-bond donors (Lipinski definition) is 5. The Kier molecular flexibility index (Phi) is 7.32. The fourth-order valence-corrected chi connectivity index (χ4v) is 7.91. The number of phosphoric ester groups is 1. The van der Waals surface area contributed by atoms with Crippen LogP contribution >= 0.6 is 14.5 Å². The van der Waals surface area contributed by atoms with E-state index in [9.17, 15) is 24.3 Å². The number of aromatic nitrogens is 5. The predicted molar refractivity (Wildman–Crippen MR) is 151 cm³/mol. The van der Waals surface area contributed by atoms with Crippen LogP contribution in [0.3, 0.4) is 0 Å². The molecule has 3 aliphatic rings. The molecule has 0 aliphatic carbocycles. The highest BCUT2D eigenvalue weighted by Gasteiger charge is 2.51. The molecule has 0 saturated carbocycles. The van der Waals surface area contributed by atoms with Crippen LogP contribution in [0.1, 0.15) is 18.9 Å². The second-order valence-electron chi connectivity index (χ2n) is 10.2. The van der Waals surface area contributed by atoms with E-state index < -0.39 is 69.7 Å². The molecule has 0 radical (unpaired) electrons. The van der Waals surface area contributed by atoms with E-state index in [-0.39, 0.29) is 30.1 Å². The normalized spacial score (nSPS) is 37.1. The third-order valence-corrected chi connectivity index (χ3v) is 10.1. The number of nitrogens with zero attached hydrogens (tertiary/aromatic N) is 4. The number of H-pyrrole nitrogens is 1. The van der Waals surface area contributed by atoms with Crippen molar-refractivity contribution < 1.29 is 47.0 Å². The number of anilines is 1. The first-order valence-electron chi connectivity index (χ1n) is 13.1. The van der Waals surface area contributed by atoms with Crippen molar-refractivity contribution in [1.29, 1.82) is 0 Å². The van der Waals surface area contributed by atoms with E-state index in [1.54, 1.807) is 0 Å². The number of para-hydroxylation sites is 1. The van der Waals surface area contributed by atoms with E-state index in [1.807, 2.05) is 41.1 Å². The standard InChI is InChI=1S/C23H26N6O11P2S/c24-23-26-20-17(21(31)27-23)25-10-29(20)22-19-18(30)15(38-22)9-35-41(32,33)39-13-7-16(37-14(13)8-36-42(34,43)40-19)28-6-5-11-3-1-2-4-12(11)28/h1-6,10,13-16,18-19,22,30H,7-9H2,(H,32,33)(H,34,43)(H3,24,26,27,31)/t13?,14-,15-,16-,18?,19+,22-,42?/m1/s1. The van der Waals surface area contributed by atoms with Gasteiger partial charge in [0.2, 0.25) is 5.95 Å². The van der Waals surface area contributed by atoms with E-state index in [1.165, 1.54) is 10.9 Å². The van der Waals surface area contributed by atoms with Crippen LogP contribution in [0.2, 0.25) is 0 Å². The van der Waals surface area contributed by atoms with Crippen LogP contribution in [0.25, 0.3) is 22.1 Å². The molecule has 4 aromatic rings. The minimum Gasteiger partial charge on any atom is -0.387 e. The Labute approximate surface area is 246 Å². The Balaban J connectivity index is 1.19. The molecule has 20 heteroatoms. The van der Waals surface area contributed by atoms with Crippen molar-refractivity contribution in [1.82, 2.24) is 24.1 Å². The maximum Gasteiger partial charge on any atom is 0.472 e. The van der Waals surface area contributed by atoms with Crippen molar-refractivity contribution in [3.63, 3.8) is 0 Å². The molecule has 0 amide bonds. The molecule has 7 rings (SSSR count). The van der Waals surface area contributed by atoms with Gasteiger partial charge in [0, 0.05) is 12.6 Å². The van der Waals surface area contributed by atoms with Gasteiger partial charge in [0.05, 0.1) is 25.1 Å². The van der Waals surface area contributed by atoms with E-state index >= 15 is 0 Å². The molecule has 43 heavy (non-hydrogen) atoms. The van der Waals surface area contributed by atoms with Crippen molar-refractivity contribution in [3.05, 3.63) is 53.2 Å². The third kappa shape index (κ3) is 5.48. The molecule has 3 aromatic heterocycles. The Bertz CT molecular complexity index is 1850. The van der Waals surface area contributed by atoms with Crippen molar-refractivity contribution in [3.8, 4) is 0 Å². The number of rotatable bonds is 2. The Morgan fingerprint density at radius 1 is 1.05 bits per heavy atom. The quantitative estimate of drug-likeness (QED) is 0.190. The van der Waals surface area contributed by atoms with Crippen LogP contribution in [0.15, 0.2) is 47.7 Å². The minimum atomic E-state index is -4.75. The maximum atomic E-state index is 13.1. The fourth-order valence-electron chi connectivity index (χ4n) is 5.53. The largest absolute Gasteiger partial charge is 0.472 e. The fraction of sp³-hybridized carbons (Fsp3) is 0.435. The molecule has 4 unspecified atom stereocenters. The Hall–Kier alpha value is -2.57. The van der Waals surface area contributed by atoms with E-state index in [0.717, 1.165) is 10.9 Å². The van der Waals surface area contributed by atoms with Gasteiger partial charge in [-0.25, -0.2) is 9.55 Å². The molecule has 3 saturated heterocycles. The summed E-state index contributed by atoms with van der Waals surface area (Å²) in [5.74, 6) is -0.205. The maximum absolute atomic E-state index is 13.1. The zero-order valence-corrected chi connectivity index (χ0v) is 24.6. The molecule has 0 spiro atoms. The van der Waals surface area contributed by atoms with Gasteiger partial charge in [0.25, 0.3) is 5.56 Å². The number of aliphatic hydroxyl groups is 1. The van der Waals surface area contributed by atoms with Gasteiger partial charge in [-0.1, -0.05) is 18.2 Å². The lowest BCUT2D eigenvalue weighted by molar-refractivity contribution is -0.0634.